The number of cyclic esters (lactones) is 1. The molecule has 2 saturated heterocycles. The predicted octanol–water partition coefficient (Wildman–Crippen LogP) is 4.77. The fraction of sp³-hybridized carbons (Fsp3) is 0.566. The normalized spacial score (nSPS) is 22.1. The van der Waals surface area contributed by atoms with E-state index >= 15 is 0 Å². The summed E-state index contributed by atoms with van der Waals surface area (Å²) in [5.41, 5.74) is 9.03. The number of piperazine rings is 1. The Morgan fingerprint density at radius 2 is 1.85 bits per heavy atom. The first-order valence-electron chi connectivity index (χ1n) is 25.5. The minimum atomic E-state index is -1.10. The number of aromatic nitrogens is 3. The van der Waals surface area contributed by atoms with E-state index in [9.17, 15) is 24.0 Å². The number of nitrogens with zero attached hydrogens (tertiary/aromatic N) is 8. The van der Waals surface area contributed by atoms with E-state index in [1.165, 1.54) is 21.2 Å². The van der Waals surface area contributed by atoms with E-state index in [0.29, 0.717) is 73.8 Å². The summed E-state index contributed by atoms with van der Waals surface area (Å²) in [6.07, 6.45) is 8.33. The highest BCUT2D eigenvalue weighted by Gasteiger charge is 2.54. The lowest BCUT2D eigenvalue weighted by Gasteiger charge is -2.44. The Morgan fingerprint density at radius 1 is 1.08 bits per heavy atom. The number of nitrogens with one attached hydrogen (secondary N) is 2. The minimum absolute atomic E-state index is 0.0535. The van der Waals surface area contributed by atoms with Gasteiger partial charge in [0.05, 0.1) is 40.3 Å². The molecular formula is C53H74N10O7SSi. The van der Waals surface area contributed by atoms with Crippen LogP contribution in [0.15, 0.2) is 54.1 Å². The van der Waals surface area contributed by atoms with E-state index in [-0.39, 0.29) is 37.0 Å². The first-order valence-corrected chi connectivity index (χ1v) is 27.4. The number of likely N-dealkylation sites (N-methyl/N-ethyl adjacent to an activating group) is 2. The molecule has 0 unspecified atom stereocenters. The Bertz CT molecular complexity index is 2730. The number of rotatable bonds is 11. The highest BCUT2D eigenvalue weighted by Crippen LogP contribution is 2.45. The van der Waals surface area contributed by atoms with Gasteiger partial charge in [-0.05, 0) is 95.8 Å². The van der Waals surface area contributed by atoms with Crippen LogP contribution < -0.4 is 10.7 Å². The second-order valence-corrected chi connectivity index (χ2v) is 24.5. The first-order chi connectivity index (χ1) is 34.2. The van der Waals surface area contributed by atoms with Gasteiger partial charge in [-0.2, -0.15) is 0 Å². The molecule has 3 aliphatic heterocycles. The fourth-order valence-electron chi connectivity index (χ4n) is 10.9. The van der Waals surface area contributed by atoms with Crippen molar-refractivity contribution in [1.29, 1.82) is 0 Å². The van der Waals surface area contributed by atoms with Gasteiger partial charge in [0, 0.05) is 115 Å². The molecule has 1 saturated carbocycles. The van der Waals surface area contributed by atoms with Gasteiger partial charge in [0.2, 0.25) is 11.8 Å². The van der Waals surface area contributed by atoms with E-state index < -0.39 is 46.0 Å². The van der Waals surface area contributed by atoms with Gasteiger partial charge in [0.15, 0.2) is 0 Å². The maximum atomic E-state index is 14.9. The number of fused-ring (bicyclic) bond motifs is 6. The summed E-state index contributed by atoms with van der Waals surface area (Å²) >= 11 is 1.42. The first kappa shape index (κ1) is 52.8. The largest absolute Gasteiger partial charge is 0.464 e. The van der Waals surface area contributed by atoms with Crippen LogP contribution in [0.25, 0.3) is 33.4 Å². The molecule has 3 fully saturated rings. The Hall–Kier alpha value is -5.47. The number of esters is 1. The van der Waals surface area contributed by atoms with Gasteiger partial charge in [-0.15, -0.1) is 11.3 Å². The van der Waals surface area contributed by atoms with Crippen molar-refractivity contribution in [3.8, 4) is 22.5 Å². The topological polar surface area (TPSA) is 175 Å². The summed E-state index contributed by atoms with van der Waals surface area (Å²) in [6.45, 7) is 15.1. The number of benzene rings is 1. The third kappa shape index (κ3) is 10.8. The molecule has 5 amide bonds. The number of methoxy groups -OCH3 is 1. The maximum absolute atomic E-state index is 14.9. The lowest BCUT2D eigenvalue weighted by atomic mass is 9.84. The number of hydrogen-bond donors (Lipinski definition) is 2. The number of aryl methyl sites for hydroxylation is 1. The molecule has 6 heterocycles. The number of thiazole rings is 1. The zero-order chi connectivity index (χ0) is 51.9. The van der Waals surface area contributed by atoms with Gasteiger partial charge in [-0.1, -0.05) is 39.8 Å². The SMILES string of the molecule is CCn1c(-c2cccnc2[C@H](C)OC)c2c3cc(ccc31)-c1csc(n1)C[C@H](NC(=O)[C@H](C(C)C)N(C)C(=O)N1CCN(C(=O)/C=C/CN(C)C)C3(CC3)C1)C(=O)N1CCC[C@@]([SiH3])(N1)C(=O)OCC(C)(C)C2. The Morgan fingerprint density at radius 3 is 2.54 bits per heavy atom. The Balaban J connectivity index is 1.12. The van der Waals surface area contributed by atoms with Crippen molar-refractivity contribution in [3.05, 3.63) is 70.3 Å². The summed E-state index contributed by atoms with van der Waals surface area (Å²) in [5, 5.41) is 7.16. The van der Waals surface area contributed by atoms with E-state index in [1.54, 1.807) is 31.3 Å². The number of hydrazine groups is 1. The van der Waals surface area contributed by atoms with Crippen molar-refractivity contribution in [2.75, 3.05) is 67.6 Å². The molecule has 3 aromatic heterocycles. The molecule has 388 valence electrons. The molecule has 1 aromatic carbocycles. The van der Waals surface area contributed by atoms with Gasteiger partial charge >= 0.3 is 12.0 Å². The smallest absolute Gasteiger partial charge is 0.323 e. The molecule has 4 atom stereocenters. The molecule has 6 bridgehead atoms. The molecule has 2 N–H and O–H groups in total. The zero-order valence-corrected chi connectivity index (χ0v) is 46.9. The third-order valence-corrected chi connectivity index (χ3v) is 16.9. The molecule has 8 rings (SSSR count). The fourth-order valence-corrected chi connectivity index (χ4v) is 12.5. The minimum Gasteiger partial charge on any atom is -0.464 e. The highest BCUT2D eigenvalue weighted by molar-refractivity contribution is 7.10. The van der Waals surface area contributed by atoms with Crippen LogP contribution in [0.4, 0.5) is 4.79 Å². The van der Waals surface area contributed by atoms with Crippen LogP contribution in [0.2, 0.25) is 0 Å². The van der Waals surface area contributed by atoms with Gasteiger partial charge in [-0.3, -0.25) is 29.2 Å². The molecular weight excluding hydrogens is 949 g/mol. The van der Waals surface area contributed by atoms with Crippen molar-refractivity contribution >= 4 is 62.2 Å². The second-order valence-electron chi connectivity index (χ2n) is 21.8. The zero-order valence-electron chi connectivity index (χ0n) is 44.0. The molecule has 17 nitrogen and oxygen atoms in total. The number of pyridine rings is 1. The van der Waals surface area contributed by atoms with Crippen LogP contribution in [0.3, 0.4) is 0 Å². The Kier molecular flexibility index (Phi) is 15.5. The summed E-state index contributed by atoms with van der Waals surface area (Å²) in [5.74, 6) is -1.66. The van der Waals surface area contributed by atoms with Crippen LogP contribution in [0.5, 0.6) is 0 Å². The molecule has 19 heteroatoms. The van der Waals surface area contributed by atoms with E-state index in [2.05, 4.69) is 60.3 Å². The van der Waals surface area contributed by atoms with E-state index in [0.717, 1.165) is 57.5 Å². The maximum Gasteiger partial charge on any atom is 0.323 e. The third-order valence-electron chi connectivity index (χ3n) is 14.9. The summed E-state index contributed by atoms with van der Waals surface area (Å²) < 4.78 is 14.4. The second kappa shape index (κ2) is 21.2. The number of carbonyl (C=O) groups is 5. The Labute approximate surface area is 431 Å². The predicted molar refractivity (Wildman–Crippen MR) is 283 cm³/mol. The van der Waals surface area contributed by atoms with Crippen molar-refractivity contribution in [2.24, 2.45) is 11.3 Å². The quantitative estimate of drug-likeness (QED) is 0.120. The van der Waals surface area contributed by atoms with Gasteiger partial charge in [0.1, 0.15) is 17.2 Å². The number of carbonyl (C=O) groups excluding carboxylic acids is 5. The summed E-state index contributed by atoms with van der Waals surface area (Å²) in [7, 11) is 7.57. The van der Waals surface area contributed by atoms with Crippen LogP contribution in [0, 0.1) is 11.3 Å². The van der Waals surface area contributed by atoms with Crippen LogP contribution in [-0.4, -0.2) is 169 Å². The van der Waals surface area contributed by atoms with Gasteiger partial charge < -0.3 is 39.0 Å². The van der Waals surface area contributed by atoms with Crippen LogP contribution >= 0.6 is 11.3 Å². The van der Waals surface area contributed by atoms with Crippen LogP contribution in [0.1, 0.15) is 89.6 Å². The number of urea groups is 1. The molecule has 72 heavy (non-hydrogen) atoms. The summed E-state index contributed by atoms with van der Waals surface area (Å²) in [4.78, 5) is 88.7. The molecule has 1 aliphatic carbocycles. The number of hydrogen-bond acceptors (Lipinski definition) is 12. The molecule has 4 aliphatic rings. The van der Waals surface area contributed by atoms with Gasteiger partial charge in [-0.25, -0.2) is 15.2 Å². The standard InChI is InChI=1S/C53H74N10O7SSi/c1-11-61-41-18-17-35-27-37(41)38(46(61)36-15-12-22-54-44(36)34(4)69-10)29-51(5,6)32-70-49(67)53(72)19-14-24-63(57-53)48(66)39(28-42-55-40(35)30-71-42)56-47(65)45(33(2)3)59(9)50(68)60-25-26-62(52(31-60)20-21-52)43(64)16-13-23-58(7)8/h12-13,15-18,22,27,30,33-34,39,45,57H,11,14,19-21,23-26,28-29,31-32H2,1-10,72H3,(H,56,65)/b16-13+/t34-,39-,45-,53-/m0/s1. The molecule has 4 aromatic rings. The van der Waals surface area contributed by atoms with Crippen LogP contribution in [-0.2, 0) is 48.0 Å². The van der Waals surface area contributed by atoms with Gasteiger partial charge in [0.25, 0.3) is 5.91 Å². The number of ether oxygens (including phenoxy) is 2. The van der Waals surface area contributed by atoms with E-state index in [4.69, 9.17) is 19.4 Å². The van der Waals surface area contributed by atoms with Crippen molar-refractivity contribution < 1.29 is 33.4 Å². The average Bonchev–Trinajstić information content (AvgIpc) is 3.81. The molecule has 0 radical (unpaired) electrons. The molecule has 1 spiro atoms. The van der Waals surface area contributed by atoms with E-state index in [1.807, 2.05) is 62.2 Å². The lowest BCUT2D eigenvalue weighted by molar-refractivity contribution is -0.158. The van der Waals surface area contributed by atoms with Crippen molar-refractivity contribution in [1.82, 2.24) is 49.9 Å². The lowest BCUT2D eigenvalue weighted by Crippen LogP contribution is -2.68. The summed E-state index contributed by atoms with van der Waals surface area (Å²) in [6, 6.07) is 8.13. The van der Waals surface area contributed by atoms with Crippen molar-refractivity contribution in [3.63, 3.8) is 0 Å². The number of amides is 5. The average molecular weight is 1020 g/mol. The van der Waals surface area contributed by atoms with Crippen molar-refractivity contribution in [2.45, 2.75) is 116 Å². The highest BCUT2D eigenvalue weighted by atomic mass is 32.1. The monoisotopic (exact) mass is 1020 g/mol.